The van der Waals surface area contributed by atoms with Gasteiger partial charge in [-0.25, -0.2) is 18.3 Å². The van der Waals surface area contributed by atoms with Crippen molar-refractivity contribution in [1.29, 1.82) is 0 Å². The average molecular weight is 591 g/mol. The first-order valence-corrected chi connectivity index (χ1v) is 14.3. The Hall–Kier alpha value is -3.25. The Balaban J connectivity index is 1.85. The third kappa shape index (κ3) is 8.14. The molecule has 0 radical (unpaired) electrons. The number of unbranched alkanes of at least 4 members (excludes halogenated alkanes) is 1. The van der Waals surface area contributed by atoms with Gasteiger partial charge in [0.15, 0.2) is 5.15 Å². The first-order valence-electron chi connectivity index (χ1n) is 12.9. The lowest BCUT2D eigenvalue weighted by molar-refractivity contribution is -0.116. The van der Waals surface area contributed by atoms with E-state index in [0.29, 0.717) is 28.5 Å². The van der Waals surface area contributed by atoms with Gasteiger partial charge in [-0.15, -0.1) is 0 Å². The van der Waals surface area contributed by atoms with Crippen LogP contribution in [0.25, 0.3) is 11.1 Å². The molecule has 0 aliphatic heterocycles. The fraction of sp³-hybridized carbons (Fsp3) is 0.393. The molecule has 1 atom stereocenters. The van der Waals surface area contributed by atoms with E-state index in [4.69, 9.17) is 16.3 Å². The Labute approximate surface area is 241 Å². The summed E-state index contributed by atoms with van der Waals surface area (Å²) in [4.78, 5) is 29.3. The van der Waals surface area contributed by atoms with Crippen LogP contribution in [0.4, 0.5) is 10.5 Å². The van der Waals surface area contributed by atoms with Crippen molar-refractivity contribution in [3.05, 3.63) is 70.8 Å². The highest BCUT2D eigenvalue weighted by Gasteiger charge is 2.26. The first-order chi connectivity index (χ1) is 18.9. The van der Waals surface area contributed by atoms with E-state index in [0.717, 1.165) is 35.0 Å². The third-order valence-corrected chi connectivity index (χ3v) is 6.92. The maximum absolute atomic E-state index is 12.9. The number of aliphatic hydroxyl groups is 1. The zero-order valence-electron chi connectivity index (χ0n) is 23.0. The van der Waals surface area contributed by atoms with Crippen molar-refractivity contribution in [2.24, 2.45) is 0 Å². The Kier molecular flexibility index (Phi) is 10.9. The fourth-order valence-corrected chi connectivity index (χ4v) is 4.90. The van der Waals surface area contributed by atoms with Crippen LogP contribution in [0.15, 0.2) is 48.5 Å². The average Bonchev–Trinajstić information content (AvgIpc) is 3.19. The van der Waals surface area contributed by atoms with Crippen LogP contribution in [0.2, 0.25) is 5.15 Å². The number of nitrogens with one attached hydrogen (secondary N) is 1. The molecule has 3 N–H and O–H groups in total. The van der Waals surface area contributed by atoms with Crippen molar-refractivity contribution >= 4 is 40.6 Å². The van der Waals surface area contributed by atoms with E-state index in [1.165, 1.54) is 0 Å². The monoisotopic (exact) mass is 590 g/mol. The van der Waals surface area contributed by atoms with Crippen LogP contribution in [-0.2, 0) is 40.4 Å². The van der Waals surface area contributed by atoms with Crippen LogP contribution in [0.5, 0.6) is 0 Å². The molecule has 0 aliphatic carbocycles. The van der Waals surface area contributed by atoms with E-state index in [2.05, 4.69) is 17.2 Å². The molecule has 0 aliphatic rings. The Morgan fingerprint density at radius 1 is 1.15 bits per heavy atom. The molecule has 40 heavy (non-hydrogen) atoms. The number of halogens is 1. The van der Waals surface area contributed by atoms with E-state index >= 15 is 0 Å². The van der Waals surface area contributed by atoms with Crippen LogP contribution in [0, 0.1) is 0 Å². The highest BCUT2D eigenvalue weighted by Crippen LogP contribution is 2.32. The second-order valence-corrected chi connectivity index (χ2v) is 11.3. The Bertz CT molecular complexity index is 1350. The number of amides is 2. The maximum Gasteiger partial charge on any atom is 0.408 e. The van der Waals surface area contributed by atoms with E-state index in [-0.39, 0.29) is 12.3 Å². The normalized spacial score (nSPS) is 12.2. The van der Waals surface area contributed by atoms with Crippen molar-refractivity contribution < 1.29 is 28.2 Å². The van der Waals surface area contributed by atoms with E-state index in [9.17, 15) is 23.5 Å². The first kappa shape index (κ1) is 31.3. The van der Waals surface area contributed by atoms with Gasteiger partial charge in [0.2, 0.25) is 0 Å². The molecule has 0 fully saturated rings. The Morgan fingerprint density at radius 2 is 1.82 bits per heavy atom. The summed E-state index contributed by atoms with van der Waals surface area (Å²) in [6.07, 6.45) is 1.88. The van der Waals surface area contributed by atoms with Crippen LogP contribution in [0.1, 0.15) is 57.6 Å². The van der Waals surface area contributed by atoms with E-state index in [1.54, 1.807) is 45.0 Å². The second-order valence-electron chi connectivity index (χ2n) is 10.1. The van der Waals surface area contributed by atoms with Gasteiger partial charge in [0.1, 0.15) is 18.0 Å². The molecule has 12 heteroatoms. The number of aryl methyl sites for hydroxylation is 1. The molecule has 216 valence electrons. The molecule has 2 amide bonds. The summed E-state index contributed by atoms with van der Waals surface area (Å²) in [6.45, 7) is 6.85. The number of hydrogen-bond acceptors (Lipinski definition) is 6. The quantitative estimate of drug-likeness (QED) is 0.265. The predicted octanol–water partition coefficient (Wildman–Crippen LogP) is 5.08. The molecule has 3 aromatic rings. The molecular weight excluding hydrogens is 556 g/mol. The largest absolute Gasteiger partial charge is 0.444 e. The number of anilines is 1. The minimum absolute atomic E-state index is 0.206. The predicted molar refractivity (Wildman–Crippen MR) is 155 cm³/mol. The molecule has 3 rings (SSSR count). The lowest BCUT2D eigenvalue weighted by Crippen LogP contribution is -2.42. The number of rotatable bonds is 11. The zero-order valence-corrected chi connectivity index (χ0v) is 24.6. The lowest BCUT2D eigenvalue weighted by atomic mass is 10.0. The smallest absolute Gasteiger partial charge is 0.408 e. The number of alkyl carbamates (subject to hydrolysis) is 1. The van der Waals surface area contributed by atoms with Crippen molar-refractivity contribution in [3.8, 4) is 11.1 Å². The lowest BCUT2D eigenvalue weighted by Gasteiger charge is -2.23. The van der Waals surface area contributed by atoms with Gasteiger partial charge in [-0.3, -0.25) is 9.35 Å². The number of hydrogen-bond donors (Lipinski definition) is 3. The SMILES string of the molecule is CCCCc1nc(Cl)c(CO)n1Cc1ccc(-c2ccccc2N(C(=O)CNC(=O)OC(C)(C)C)S(=O)O)cc1. The number of aromatic nitrogens is 2. The van der Waals surface area contributed by atoms with Crippen LogP contribution in [0.3, 0.4) is 0 Å². The van der Waals surface area contributed by atoms with Gasteiger partial charge >= 0.3 is 6.09 Å². The molecule has 2 aromatic carbocycles. The standard InChI is InChI=1S/C28H35ClN4O6S/c1-5-6-11-24-31-26(29)23(18-34)32(24)17-19-12-14-20(15-13-19)21-9-7-8-10-22(21)33(40(37)38)25(35)16-30-27(36)39-28(2,3)4/h7-10,12-15,34H,5-6,11,16-18H2,1-4H3,(H,30,36)(H,37,38). The van der Waals surface area contributed by atoms with Crippen LogP contribution in [-0.4, -0.2) is 47.6 Å². The molecule has 10 nitrogen and oxygen atoms in total. The van der Waals surface area contributed by atoms with Crippen LogP contribution < -0.4 is 9.62 Å². The summed E-state index contributed by atoms with van der Waals surface area (Å²) in [5.41, 5.74) is 2.20. The summed E-state index contributed by atoms with van der Waals surface area (Å²) in [6, 6.07) is 14.2. The highest BCUT2D eigenvalue weighted by atomic mass is 35.5. The van der Waals surface area contributed by atoms with Gasteiger partial charge in [0.05, 0.1) is 18.0 Å². The van der Waals surface area contributed by atoms with Crippen molar-refractivity contribution in [2.75, 3.05) is 10.8 Å². The summed E-state index contributed by atoms with van der Waals surface area (Å²) in [5, 5.41) is 12.5. The zero-order chi connectivity index (χ0) is 29.4. The van der Waals surface area contributed by atoms with E-state index in [1.807, 2.05) is 28.8 Å². The number of carbonyl (C=O) groups excluding carboxylic acids is 2. The van der Waals surface area contributed by atoms with Gasteiger partial charge in [0, 0.05) is 18.5 Å². The molecule has 1 heterocycles. The minimum atomic E-state index is -2.70. The third-order valence-electron chi connectivity index (χ3n) is 5.90. The molecular formula is C28H35ClN4O6S. The molecule has 0 spiro atoms. The summed E-state index contributed by atoms with van der Waals surface area (Å²) >= 11 is 3.57. The topological polar surface area (TPSA) is 134 Å². The maximum atomic E-state index is 12.9. The molecule has 1 aromatic heterocycles. The van der Waals surface area contributed by atoms with E-state index < -0.39 is 35.4 Å². The minimum Gasteiger partial charge on any atom is -0.444 e. The number of benzene rings is 2. The van der Waals surface area contributed by atoms with Crippen LogP contribution >= 0.6 is 11.6 Å². The number of carbonyl (C=O) groups is 2. The van der Waals surface area contributed by atoms with Crippen molar-refractivity contribution in [3.63, 3.8) is 0 Å². The summed E-state index contributed by atoms with van der Waals surface area (Å²) < 4.78 is 30.0. The Morgan fingerprint density at radius 3 is 2.42 bits per heavy atom. The summed E-state index contributed by atoms with van der Waals surface area (Å²) in [5.74, 6) is 0.0220. The number of para-hydroxylation sites is 1. The van der Waals surface area contributed by atoms with Gasteiger partial charge in [0.25, 0.3) is 17.2 Å². The number of nitrogens with zero attached hydrogens (tertiary/aromatic N) is 3. The van der Waals surface area contributed by atoms with Crippen molar-refractivity contribution in [1.82, 2.24) is 14.9 Å². The van der Waals surface area contributed by atoms with Gasteiger partial charge in [-0.2, -0.15) is 0 Å². The molecule has 0 saturated carbocycles. The molecule has 0 saturated heterocycles. The second kappa shape index (κ2) is 13.9. The van der Waals surface area contributed by atoms with Gasteiger partial charge in [-0.1, -0.05) is 67.4 Å². The number of ether oxygens (including phenoxy) is 1. The molecule has 1 unspecified atom stereocenters. The van der Waals surface area contributed by atoms with Gasteiger partial charge < -0.3 is 19.7 Å². The van der Waals surface area contributed by atoms with Crippen molar-refractivity contribution in [2.45, 2.75) is 65.7 Å². The number of aliphatic hydroxyl groups excluding tert-OH is 1. The number of imidazole rings is 1. The fourth-order valence-electron chi connectivity index (χ4n) is 4.07. The van der Waals surface area contributed by atoms with Gasteiger partial charge in [-0.05, 0) is 44.4 Å². The molecule has 0 bridgehead atoms. The highest BCUT2D eigenvalue weighted by molar-refractivity contribution is 7.81. The summed E-state index contributed by atoms with van der Waals surface area (Å²) in [7, 11) is 0.